The Hall–Kier alpha value is 0.636. The number of rotatable bonds is 0. The molecule has 0 spiro atoms. The quantitative estimate of drug-likeness (QED) is 0.260. The van der Waals surface area contributed by atoms with E-state index in [9.17, 15) is 0 Å². The molecule has 0 aromatic rings. The number of hydrogen-bond acceptors (Lipinski definition) is 4. The third-order valence-electron chi connectivity index (χ3n) is 0. The average Bonchev–Trinajstić information content (AvgIpc) is 1.36. The Balaban J connectivity index is -0.0000000750. The zero-order valence-corrected chi connectivity index (χ0v) is 6.98. The van der Waals surface area contributed by atoms with Gasteiger partial charge in [0.15, 0.2) is 0 Å². The van der Waals surface area contributed by atoms with Gasteiger partial charge in [0.05, 0.1) is 0 Å². The van der Waals surface area contributed by atoms with Crippen LogP contribution in [0.4, 0.5) is 0 Å². The minimum Gasteiger partial charge on any atom is -0.759 e. The van der Waals surface area contributed by atoms with Crippen LogP contribution in [0.2, 0.25) is 0 Å². The molecule has 0 aromatic heterocycles. The fourth-order valence-electron chi connectivity index (χ4n) is 0. The summed E-state index contributed by atoms with van der Waals surface area (Å²) in [4.78, 5) is 0. The van der Waals surface area contributed by atoms with E-state index in [0.29, 0.717) is 0 Å². The predicted molar refractivity (Wildman–Crippen MR) is 27.6 cm³/mol. The van der Waals surface area contributed by atoms with Crippen LogP contribution in [0.1, 0.15) is 13.8 Å². The van der Waals surface area contributed by atoms with E-state index in [2.05, 4.69) is 0 Å². The summed E-state index contributed by atoms with van der Waals surface area (Å²) in [7, 11) is -5.17. The zero-order valence-electron chi connectivity index (χ0n) is 4.75. The van der Waals surface area contributed by atoms with Crippen LogP contribution in [0.15, 0.2) is 0 Å². The maximum Gasteiger partial charge on any atom is 2.00 e. The van der Waals surface area contributed by atoms with Crippen LogP contribution in [0.25, 0.3) is 0 Å². The minimum atomic E-state index is -5.17. The second-order valence-corrected chi connectivity index (χ2v) is 1.22. The molecule has 6 heteroatoms. The van der Waals surface area contributed by atoms with Crippen LogP contribution in [0.5, 0.6) is 0 Å². The first-order valence-corrected chi connectivity index (χ1v) is 3.00. The molecule has 0 saturated heterocycles. The van der Waals surface area contributed by atoms with Crippen molar-refractivity contribution in [3.8, 4) is 0 Å². The first-order chi connectivity index (χ1) is 3.00. The minimum absolute atomic E-state index is 0. The largest absolute Gasteiger partial charge is 2.00 e. The van der Waals surface area contributed by atoms with Gasteiger partial charge in [-0.25, -0.2) is 0 Å². The van der Waals surface area contributed by atoms with Crippen molar-refractivity contribution in [3.63, 3.8) is 0 Å². The molecular formula is C2H6MgO4S. The Kier molecular flexibility index (Phi) is 15.1. The molecule has 0 aliphatic carbocycles. The van der Waals surface area contributed by atoms with Crippen LogP contribution in [0.3, 0.4) is 0 Å². The van der Waals surface area contributed by atoms with Crippen molar-refractivity contribution in [2.75, 3.05) is 0 Å². The fourth-order valence-corrected chi connectivity index (χ4v) is 0. The molecule has 0 saturated carbocycles. The van der Waals surface area contributed by atoms with Crippen LogP contribution < -0.4 is 0 Å². The molecule has 0 amide bonds. The van der Waals surface area contributed by atoms with E-state index in [1.807, 2.05) is 13.8 Å². The molecule has 0 aromatic carbocycles. The SMILES string of the molecule is CC.O=S(=O)([O-])[O-].[Mg+2]. The molecule has 4 nitrogen and oxygen atoms in total. The van der Waals surface area contributed by atoms with Gasteiger partial charge < -0.3 is 9.11 Å². The van der Waals surface area contributed by atoms with Crippen LogP contribution in [0, 0.1) is 0 Å². The molecule has 0 N–H and O–H groups in total. The molecular weight excluding hydrogens is 144 g/mol. The molecule has 0 aliphatic rings. The summed E-state index contributed by atoms with van der Waals surface area (Å²) >= 11 is 0. The van der Waals surface area contributed by atoms with E-state index in [1.54, 1.807) is 0 Å². The molecule has 0 atom stereocenters. The first-order valence-electron chi connectivity index (χ1n) is 1.67. The Morgan fingerprint density at radius 3 is 1.12 bits per heavy atom. The summed E-state index contributed by atoms with van der Waals surface area (Å²) in [5.41, 5.74) is 0. The van der Waals surface area contributed by atoms with Gasteiger partial charge in [0.2, 0.25) is 0 Å². The van der Waals surface area contributed by atoms with Gasteiger partial charge in [-0.05, 0) is 0 Å². The topological polar surface area (TPSA) is 80.3 Å². The maximum atomic E-state index is 8.52. The summed E-state index contributed by atoms with van der Waals surface area (Å²) in [5.74, 6) is 0. The van der Waals surface area contributed by atoms with E-state index in [-0.39, 0.29) is 23.1 Å². The summed E-state index contributed by atoms with van der Waals surface area (Å²) in [5, 5.41) is 0. The summed E-state index contributed by atoms with van der Waals surface area (Å²) < 4.78 is 34.1. The van der Waals surface area contributed by atoms with Crippen molar-refractivity contribution in [3.05, 3.63) is 0 Å². The standard InChI is InChI=1S/C2H6.Mg.H2O4S/c1-2;;1-5(2,3)4/h1-2H3;;(H2,1,2,3,4)/q;+2;/p-2. The molecule has 0 fully saturated rings. The predicted octanol–water partition coefficient (Wildman–Crippen LogP) is -0.693. The van der Waals surface area contributed by atoms with Gasteiger partial charge in [0.25, 0.3) is 0 Å². The van der Waals surface area contributed by atoms with Crippen molar-refractivity contribution in [2.45, 2.75) is 13.8 Å². The Morgan fingerprint density at radius 2 is 1.12 bits per heavy atom. The second kappa shape index (κ2) is 7.64. The average molecular weight is 150 g/mol. The van der Waals surface area contributed by atoms with Crippen LogP contribution in [-0.2, 0) is 10.4 Å². The Labute approximate surface area is 65.0 Å². The molecule has 0 aliphatic heterocycles. The number of hydrogen-bond donors (Lipinski definition) is 0. The van der Waals surface area contributed by atoms with Gasteiger partial charge in [-0.3, -0.25) is 8.42 Å². The van der Waals surface area contributed by atoms with Gasteiger partial charge in [0, 0.05) is 10.4 Å². The summed E-state index contributed by atoms with van der Waals surface area (Å²) in [6.45, 7) is 4.00. The van der Waals surface area contributed by atoms with Gasteiger partial charge in [-0.1, -0.05) is 13.8 Å². The Morgan fingerprint density at radius 1 is 1.12 bits per heavy atom. The van der Waals surface area contributed by atoms with Crippen LogP contribution in [-0.4, -0.2) is 40.6 Å². The maximum absolute atomic E-state index is 8.52. The van der Waals surface area contributed by atoms with Crippen molar-refractivity contribution in [1.82, 2.24) is 0 Å². The molecule has 0 unspecified atom stereocenters. The van der Waals surface area contributed by atoms with E-state index < -0.39 is 10.4 Å². The van der Waals surface area contributed by atoms with Gasteiger partial charge >= 0.3 is 23.1 Å². The third-order valence-corrected chi connectivity index (χ3v) is 0. The monoisotopic (exact) mass is 150 g/mol. The van der Waals surface area contributed by atoms with E-state index >= 15 is 0 Å². The van der Waals surface area contributed by atoms with Crippen molar-refractivity contribution in [2.24, 2.45) is 0 Å². The summed E-state index contributed by atoms with van der Waals surface area (Å²) in [6, 6.07) is 0. The fraction of sp³-hybridized carbons (Fsp3) is 1.00. The van der Waals surface area contributed by atoms with Gasteiger partial charge in [-0.2, -0.15) is 0 Å². The second-order valence-electron chi connectivity index (χ2n) is 0.408. The zero-order chi connectivity index (χ0) is 6.50. The van der Waals surface area contributed by atoms with E-state index in [1.165, 1.54) is 0 Å². The first kappa shape index (κ1) is 15.9. The molecule has 0 radical (unpaired) electrons. The molecule has 46 valence electrons. The van der Waals surface area contributed by atoms with E-state index in [4.69, 9.17) is 17.5 Å². The third kappa shape index (κ3) is 521. The Bertz CT molecular complexity index is 97.2. The smallest absolute Gasteiger partial charge is 0.759 e. The van der Waals surface area contributed by atoms with Gasteiger partial charge in [0.1, 0.15) is 0 Å². The van der Waals surface area contributed by atoms with Crippen LogP contribution >= 0.6 is 0 Å². The van der Waals surface area contributed by atoms with Crippen molar-refractivity contribution in [1.29, 1.82) is 0 Å². The summed E-state index contributed by atoms with van der Waals surface area (Å²) in [6.07, 6.45) is 0. The molecule has 0 rings (SSSR count). The molecule has 8 heavy (non-hydrogen) atoms. The molecule has 0 bridgehead atoms. The van der Waals surface area contributed by atoms with E-state index in [0.717, 1.165) is 0 Å². The van der Waals surface area contributed by atoms with Crippen molar-refractivity contribution < 1.29 is 17.5 Å². The normalized spacial score (nSPS) is 8.00. The molecule has 0 heterocycles. The van der Waals surface area contributed by atoms with Gasteiger partial charge in [-0.15, -0.1) is 0 Å². The van der Waals surface area contributed by atoms with Crippen molar-refractivity contribution >= 4 is 33.5 Å².